The van der Waals surface area contributed by atoms with E-state index < -0.39 is 16.8 Å². The molecule has 0 spiro atoms. The van der Waals surface area contributed by atoms with Crippen molar-refractivity contribution < 1.29 is 177 Å². The van der Waals surface area contributed by atoms with Crippen LogP contribution >= 0.6 is 15.9 Å². The summed E-state index contributed by atoms with van der Waals surface area (Å²) in [4.78, 5) is 51.5. The number of ether oxygens (including phenoxy) is 6. The summed E-state index contributed by atoms with van der Waals surface area (Å²) in [7, 11) is 10.5. The number of benzene rings is 3. The molecule has 24 heteroatoms. The predicted octanol–water partition coefficient (Wildman–Crippen LogP) is 11.1. The van der Waals surface area contributed by atoms with Crippen molar-refractivity contribution in [2.24, 2.45) is 121 Å². The number of aromatic amines is 1. The Morgan fingerprint density at radius 3 is 1.31 bits per heavy atom. The predicted molar refractivity (Wildman–Crippen MR) is 455 cm³/mol. The number of carbonyl (C=O) groups excluding carboxylic acids is 4. The van der Waals surface area contributed by atoms with Crippen LogP contribution in [0.25, 0.3) is 32.7 Å². The molecule has 119 heavy (non-hydrogen) atoms. The van der Waals surface area contributed by atoms with Crippen LogP contribution in [0.2, 0.25) is 0 Å². The van der Waals surface area contributed by atoms with Crippen LogP contribution in [0.3, 0.4) is 0 Å². The van der Waals surface area contributed by atoms with Gasteiger partial charge in [0.15, 0.2) is 11.6 Å². The number of aromatic nitrogens is 6. The number of aliphatic hydroxyl groups is 3. The summed E-state index contributed by atoms with van der Waals surface area (Å²) in [6.07, 6.45) is 35.4. The minimum atomic E-state index is -0.538. The fourth-order valence-corrected chi connectivity index (χ4v) is 29.5. The Hall–Kier alpha value is -2.58. The number of Topliss-reactive ketones (excluding diaryl/α,β-unsaturated/α-hetero) is 3. The summed E-state index contributed by atoms with van der Waals surface area (Å²) in [6, 6.07) is 17.6. The van der Waals surface area contributed by atoms with Crippen molar-refractivity contribution in [2.75, 3.05) is 67.8 Å². The van der Waals surface area contributed by atoms with Crippen molar-refractivity contribution in [1.29, 1.82) is 0 Å². The molecule has 3 heterocycles. The van der Waals surface area contributed by atoms with Crippen LogP contribution in [0, 0.1) is 121 Å². The molecule has 0 aliphatic heterocycles. The number of carbonyl (C=O) groups is 4. The molecule has 3 aromatic carbocycles. The SMILES string of the molecule is C.COC[C@]12CC[C@@](C)(O)C[C@@H]1CC[C@H]1[C@@H]3CC[C@H](C(=O)CBr)[C@@]3(C)CC[C@@H]12.COC[C@]12CC[C@@](C)(O)C[C@@H]1CC[C@H]1[C@@H]3CC[C@H](C(=O)Cn4cc5ccc(OC)cc5n4)[C@@]3(C)CC[C@@H]12.COC[C@]12CC[C@@](C)(O)C[C@@H]1CC[C@H]1[C@@H]3CC[C@H](C(=O)Cn4ncc5ccc(OC)cc54)[C@@]3(C)CC[C@@H]12.COc1ccc2cn[nH]c2c1.O=CO[O-].[H-].[K+].[K+]. The van der Waals surface area contributed by atoms with Crippen molar-refractivity contribution in [3.05, 3.63) is 73.2 Å². The molecular weight excluding hydrogens is 1620 g/mol. The Bertz CT molecular complexity index is 4440. The summed E-state index contributed by atoms with van der Waals surface area (Å²) in [6.45, 7) is 16.3. The molecule has 24 atom stereocenters. The van der Waals surface area contributed by atoms with Gasteiger partial charge in [0, 0.05) is 79.6 Å². The number of H-pyrrole nitrogens is 1. The van der Waals surface area contributed by atoms with Crippen LogP contribution in [0.4, 0.5) is 0 Å². The Balaban J connectivity index is 0.000000172. The van der Waals surface area contributed by atoms with Crippen LogP contribution < -0.4 is 122 Å². The number of rotatable bonds is 18. The maximum atomic E-state index is 13.9. The van der Waals surface area contributed by atoms with E-state index in [2.05, 4.69) is 56.9 Å². The zero-order valence-electron chi connectivity index (χ0n) is 74.4. The van der Waals surface area contributed by atoms with Gasteiger partial charge in [0.2, 0.25) is 0 Å². The Morgan fingerprint density at radius 1 is 0.504 bits per heavy atom. The zero-order chi connectivity index (χ0) is 82.5. The van der Waals surface area contributed by atoms with Gasteiger partial charge in [0.25, 0.3) is 6.47 Å². The minimum absolute atomic E-state index is 0. The largest absolute Gasteiger partial charge is 1.00 e. The maximum Gasteiger partial charge on any atom is 1.00 e. The second-order valence-electron chi connectivity index (χ2n) is 40.1. The molecule has 12 aliphatic rings. The molecule has 6 aromatic rings. The van der Waals surface area contributed by atoms with Gasteiger partial charge in [0.05, 0.1) is 98.8 Å². The molecule has 12 aliphatic carbocycles. The second-order valence-corrected chi connectivity index (χ2v) is 40.7. The van der Waals surface area contributed by atoms with Crippen LogP contribution in [0.15, 0.2) is 73.2 Å². The summed E-state index contributed by atoms with van der Waals surface area (Å²) < 4.78 is 37.1. The average molecular weight is 1760 g/mol. The fourth-order valence-electron chi connectivity index (χ4n) is 29.2. The first-order valence-corrected chi connectivity index (χ1v) is 45.1. The van der Waals surface area contributed by atoms with Gasteiger partial charge in [-0.25, -0.2) is 0 Å². The van der Waals surface area contributed by atoms with E-state index in [4.69, 9.17) is 43.6 Å². The normalized spacial score (nSPS) is 38.5. The molecule has 12 fully saturated rings. The summed E-state index contributed by atoms with van der Waals surface area (Å²) in [5.41, 5.74) is 2.24. The number of hydrogen-bond donors (Lipinski definition) is 4. The standard InChI is InChI=1S/2C31H44N2O4.C23H37BrO3.C8H8N2O.CH2O3.CH4.2K.H/c1-29(35)13-14-31(19-36-3)21(16-29)6-8-23-24-9-10-26(30(24,2)12-11-25(23)31)28(34)18-33-17-20-5-7-22(37-4)15-27(20)32-33;1-29(35)13-14-31(19-36-3)21(16-29)6-8-23-24-9-10-26(30(24,2)12-11-25(23)31)28(34)18-33-27-15-22(37-4)7-5-20(27)17-32-33;1-21(26)10-11-23(14-27-3)15(12-21)4-5-16-17-6-7-19(20(25)13-24)22(17,2)9-8-18(16)23;1-11-7-3-2-6-5-9-10-8(6)4-7;2-1-4-3;;;;/h2*5,7,15,17,21,23-26,35H,6,8-14,16,18-19H2,1-4H3;15-19,26H,4-14H2,1-3H3;2-5H,1H3,(H,9,10);1,3H;1H4;;;/q;;;;;;2*+1;-1/p-1/t2*21-,23-,24-,25-,26+,29+,30-,31+;15-,16-,17-,18-,19+,21+,22-,23+;;;;;;/m000....../s1. The van der Waals surface area contributed by atoms with E-state index in [-0.39, 0.29) is 168 Å². The molecule has 0 saturated heterocycles. The topological polar surface area (TPSA) is 281 Å². The Labute approximate surface area is 802 Å². The Morgan fingerprint density at radius 2 is 0.899 bits per heavy atom. The molecule has 0 unspecified atom stereocenters. The van der Waals surface area contributed by atoms with Crippen LogP contribution in [-0.4, -0.2) is 154 Å². The van der Waals surface area contributed by atoms with Crippen LogP contribution in [0.5, 0.6) is 17.2 Å². The quantitative estimate of drug-likeness (QED) is 0.0205. The molecule has 0 radical (unpaired) electrons. The molecule has 21 nitrogen and oxygen atoms in total. The number of hydrogen-bond acceptors (Lipinski definition) is 18. The van der Waals surface area contributed by atoms with Crippen molar-refractivity contribution in [3.63, 3.8) is 0 Å². The minimum Gasteiger partial charge on any atom is -1.00 e. The first-order valence-electron chi connectivity index (χ1n) is 44.0. The summed E-state index contributed by atoms with van der Waals surface area (Å²) >= 11 is 3.43. The maximum absolute atomic E-state index is 13.9. The summed E-state index contributed by atoms with van der Waals surface area (Å²) in [5.74, 6) is 11.7. The number of nitrogens with zero attached hydrogens (tertiary/aromatic N) is 5. The molecular formula is C95H139BrK2N6O15. The number of methoxy groups -OCH3 is 6. The first-order chi connectivity index (χ1) is 55.5. The second kappa shape index (κ2) is 39.6. The van der Waals surface area contributed by atoms with E-state index in [1.54, 1.807) is 27.5 Å². The molecule has 18 rings (SSSR count). The van der Waals surface area contributed by atoms with Gasteiger partial charge in [-0.05, 0) is 334 Å². The van der Waals surface area contributed by atoms with E-state index in [0.717, 1.165) is 178 Å². The molecule has 0 bridgehead atoms. The number of nitrogens with one attached hydrogen (secondary N) is 1. The number of halogens is 1. The van der Waals surface area contributed by atoms with Gasteiger partial charge in [-0.3, -0.25) is 33.6 Å². The fraction of sp³-hybridized carbons (Fsp3) is 0.737. The number of fused-ring (bicyclic) bond motifs is 18. The van der Waals surface area contributed by atoms with E-state index in [1.165, 1.54) is 70.6 Å². The summed E-state index contributed by atoms with van der Waals surface area (Å²) in [5, 5.41) is 60.6. The van der Waals surface area contributed by atoms with Crippen molar-refractivity contribution in [3.8, 4) is 17.2 Å². The smallest absolute Gasteiger partial charge is 1.00 e. The van der Waals surface area contributed by atoms with Crippen molar-refractivity contribution in [2.45, 2.75) is 252 Å². The van der Waals surface area contributed by atoms with Crippen molar-refractivity contribution in [1.82, 2.24) is 29.8 Å². The van der Waals surface area contributed by atoms with E-state index in [1.807, 2.05) is 118 Å². The molecule has 4 N–H and O–H groups in total. The molecule has 3 aromatic heterocycles. The van der Waals surface area contributed by atoms with Gasteiger partial charge in [-0.1, -0.05) is 44.1 Å². The third-order valence-corrected chi connectivity index (χ3v) is 35.0. The first kappa shape index (κ1) is 97.0. The van der Waals surface area contributed by atoms with Crippen molar-refractivity contribution >= 4 is 72.5 Å². The molecule has 648 valence electrons. The third-order valence-electron chi connectivity index (χ3n) is 34.4. The van der Waals surface area contributed by atoms with E-state index in [9.17, 15) is 29.7 Å². The third kappa shape index (κ3) is 18.9. The van der Waals surface area contributed by atoms with Gasteiger partial charge >= 0.3 is 103 Å². The number of ketones is 3. The molecule has 0 amide bonds. The van der Waals surface area contributed by atoms with Gasteiger partial charge in [-0.2, -0.15) is 15.3 Å². The van der Waals surface area contributed by atoms with Gasteiger partial charge < -0.3 is 55.3 Å². The van der Waals surface area contributed by atoms with E-state index in [0.29, 0.717) is 101 Å². The number of alkyl halides is 1. The monoisotopic (exact) mass is 1760 g/mol. The van der Waals surface area contributed by atoms with Crippen LogP contribution in [0.1, 0.15) is 224 Å². The van der Waals surface area contributed by atoms with Gasteiger partial charge in [-0.15, -0.1) is 0 Å². The molecule has 12 saturated carbocycles. The van der Waals surface area contributed by atoms with E-state index >= 15 is 0 Å². The zero-order valence-corrected chi connectivity index (χ0v) is 81.2. The average Bonchev–Trinajstić information content (AvgIpc) is 1.40. The Kier molecular flexibility index (Phi) is 32.3. The van der Waals surface area contributed by atoms with Crippen LogP contribution in [-0.2, 0) is 51.4 Å². The van der Waals surface area contributed by atoms with Gasteiger partial charge in [0.1, 0.15) is 29.6 Å².